The van der Waals surface area contributed by atoms with Gasteiger partial charge >= 0.3 is 0 Å². The minimum atomic E-state index is -0.700. The van der Waals surface area contributed by atoms with Crippen LogP contribution in [0.5, 0.6) is 5.75 Å². The third-order valence-electron chi connectivity index (χ3n) is 2.06. The summed E-state index contributed by atoms with van der Waals surface area (Å²) in [6.07, 6.45) is 0. The fourth-order valence-corrected chi connectivity index (χ4v) is 1.07. The lowest BCUT2D eigenvalue weighted by Gasteiger charge is -2.22. The molecule has 0 radical (unpaired) electrons. The molecule has 1 atom stereocenters. The smallest absolute Gasteiger partial charge is 0.119 e. The highest BCUT2D eigenvalue weighted by Gasteiger charge is 2.19. The van der Waals surface area contributed by atoms with E-state index < -0.39 is 5.54 Å². The maximum absolute atomic E-state index is 9.05. The number of hydrogen-bond donors (Lipinski definition) is 2. The molecule has 72 valence electrons. The predicted molar refractivity (Wildman–Crippen MR) is 51.6 cm³/mol. The summed E-state index contributed by atoms with van der Waals surface area (Å²) < 4.78 is 5.06. The van der Waals surface area contributed by atoms with Crippen LogP contribution in [0.1, 0.15) is 12.5 Å². The molecule has 0 aliphatic heterocycles. The monoisotopic (exact) mass is 181 g/mol. The second kappa shape index (κ2) is 3.77. The van der Waals surface area contributed by atoms with Gasteiger partial charge in [0.2, 0.25) is 0 Å². The fourth-order valence-electron chi connectivity index (χ4n) is 1.07. The quantitative estimate of drug-likeness (QED) is 0.727. The van der Waals surface area contributed by atoms with E-state index in [0.29, 0.717) is 0 Å². The largest absolute Gasteiger partial charge is 0.497 e. The zero-order valence-corrected chi connectivity index (χ0v) is 7.95. The molecule has 0 saturated carbocycles. The summed E-state index contributed by atoms with van der Waals surface area (Å²) in [7, 11) is 1.60. The van der Waals surface area contributed by atoms with Gasteiger partial charge in [-0.25, -0.2) is 0 Å². The standard InChI is InChI=1S/C10H15NO2/c1-10(11,7-12)8-4-3-5-9(6-8)13-2/h3-6,12H,7,11H2,1-2H3/t10-/m0/s1. The van der Waals surface area contributed by atoms with E-state index >= 15 is 0 Å². The Hall–Kier alpha value is -1.06. The van der Waals surface area contributed by atoms with Crippen molar-refractivity contribution in [3.8, 4) is 5.75 Å². The predicted octanol–water partition coefficient (Wildman–Crippen LogP) is 0.861. The van der Waals surface area contributed by atoms with Gasteiger partial charge in [-0.1, -0.05) is 12.1 Å². The molecule has 0 aromatic heterocycles. The molecular weight excluding hydrogens is 166 g/mol. The summed E-state index contributed by atoms with van der Waals surface area (Å²) >= 11 is 0. The fraction of sp³-hybridized carbons (Fsp3) is 0.400. The number of benzene rings is 1. The molecule has 1 aromatic rings. The lowest BCUT2D eigenvalue weighted by Crippen LogP contribution is -2.36. The lowest BCUT2D eigenvalue weighted by molar-refractivity contribution is 0.210. The topological polar surface area (TPSA) is 55.5 Å². The van der Waals surface area contributed by atoms with Crippen molar-refractivity contribution >= 4 is 0 Å². The van der Waals surface area contributed by atoms with Crippen LogP contribution in [0.15, 0.2) is 24.3 Å². The van der Waals surface area contributed by atoms with Gasteiger partial charge in [-0.2, -0.15) is 0 Å². The Labute approximate surface area is 78.1 Å². The molecule has 0 heterocycles. The molecule has 0 spiro atoms. The molecule has 0 fully saturated rings. The zero-order valence-electron chi connectivity index (χ0n) is 7.95. The van der Waals surface area contributed by atoms with Gasteiger partial charge in [0, 0.05) is 0 Å². The Kier molecular flexibility index (Phi) is 2.90. The molecule has 0 bridgehead atoms. The van der Waals surface area contributed by atoms with Crippen LogP contribution >= 0.6 is 0 Å². The summed E-state index contributed by atoms with van der Waals surface area (Å²) in [5.41, 5.74) is 6.03. The van der Waals surface area contributed by atoms with E-state index in [1.54, 1.807) is 14.0 Å². The van der Waals surface area contributed by atoms with Crippen LogP contribution in [0.2, 0.25) is 0 Å². The van der Waals surface area contributed by atoms with Crippen molar-refractivity contribution in [2.45, 2.75) is 12.5 Å². The summed E-state index contributed by atoms with van der Waals surface area (Å²) in [5, 5.41) is 9.05. The van der Waals surface area contributed by atoms with Gasteiger partial charge in [0.15, 0.2) is 0 Å². The number of nitrogens with two attached hydrogens (primary N) is 1. The number of ether oxygens (including phenoxy) is 1. The van der Waals surface area contributed by atoms with Gasteiger partial charge in [-0.15, -0.1) is 0 Å². The molecule has 3 heteroatoms. The van der Waals surface area contributed by atoms with Crippen molar-refractivity contribution in [2.75, 3.05) is 13.7 Å². The molecule has 0 aliphatic rings. The number of rotatable bonds is 3. The molecule has 3 N–H and O–H groups in total. The molecule has 0 unspecified atom stereocenters. The van der Waals surface area contributed by atoms with Crippen LogP contribution in [-0.4, -0.2) is 18.8 Å². The van der Waals surface area contributed by atoms with Crippen molar-refractivity contribution < 1.29 is 9.84 Å². The number of aliphatic hydroxyl groups excluding tert-OH is 1. The van der Waals surface area contributed by atoms with E-state index in [1.807, 2.05) is 24.3 Å². The van der Waals surface area contributed by atoms with Crippen molar-refractivity contribution in [1.82, 2.24) is 0 Å². The summed E-state index contributed by atoms with van der Waals surface area (Å²) in [6.45, 7) is 1.70. The van der Waals surface area contributed by atoms with Gasteiger partial charge < -0.3 is 15.6 Å². The highest BCUT2D eigenvalue weighted by atomic mass is 16.5. The average molecular weight is 181 g/mol. The highest BCUT2D eigenvalue weighted by Crippen LogP contribution is 2.21. The van der Waals surface area contributed by atoms with E-state index in [0.717, 1.165) is 11.3 Å². The van der Waals surface area contributed by atoms with Crippen LogP contribution in [-0.2, 0) is 5.54 Å². The van der Waals surface area contributed by atoms with Crippen LogP contribution in [0.4, 0.5) is 0 Å². The summed E-state index contributed by atoms with van der Waals surface area (Å²) in [5.74, 6) is 0.752. The van der Waals surface area contributed by atoms with Crippen LogP contribution in [0, 0.1) is 0 Å². The van der Waals surface area contributed by atoms with Crippen molar-refractivity contribution in [3.63, 3.8) is 0 Å². The minimum absolute atomic E-state index is 0.0832. The Morgan fingerprint density at radius 1 is 1.54 bits per heavy atom. The first-order valence-corrected chi connectivity index (χ1v) is 4.14. The average Bonchev–Trinajstić information content (AvgIpc) is 2.18. The van der Waals surface area contributed by atoms with Crippen LogP contribution in [0.25, 0.3) is 0 Å². The molecule has 13 heavy (non-hydrogen) atoms. The van der Waals surface area contributed by atoms with Crippen LogP contribution in [0.3, 0.4) is 0 Å². The molecule has 1 rings (SSSR count). The first-order valence-electron chi connectivity index (χ1n) is 4.14. The van der Waals surface area contributed by atoms with Gasteiger partial charge in [-0.3, -0.25) is 0 Å². The van der Waals surface area contributed by atoms with E-state index in [4.69, 9.17) is 15.6 Å². The van der Waals surface area contributed by atoms with E-state index in [1.165, 1.54) is 0 Å². The van der Waals surface area contributed by atoms with E-state index in [9.17, 15) is 0 Å². The van der Waals surface area contributed by atoms with E-state index in [-0.39, 0.29) is 6.61 Å². The number of aliphatic hydroxyl groups is 1. The highest BCUT2D eigenvalue weighted by molar-refractivity contribution is 5.32. The van der Waals surface area contributed by atoms with Crippen molar-refractivity contribution in [1.29, 1.82) is 0 Å². The first kappa shape index (κ1) is 10.0. The van der Waals surface area contributed by atoms with Crippen molar-refractivity contribution in [2.24, 2.45) is 5.73 Å². The lowest BCUT2D eigenvalue weighted by atomic mass is 9.94. The van der Waals surface area contributed by atoms with Gasteiger partial charge in [0.25, 0.3) is 0 Å². The molecular formula is C10H15NO2. The Morgan fingerprint density at radius 2 is 2.23 bits per heavy atom. The number of methoxy groups -OCH3 is 1. The van der Waals surface area contributed by atoms with Gasteiger partial charge in [-0.05, 0) is 24.6 Å². The van der Waals surface area contributed by atoms with E-state index in [2.05, 4.69) is 0 Å². The molecule has 0 amide bonds. The first-order chi connectivity index (χ1) is 6.10. The Morgan fingerprint density at radius 3 is 2.77 bits per heavy atom. The Balaban J connectivity index is 3.01. The molecule has 1 aromatic carbocycles. The minimum Gasteiger partial charge on any atom is -0.497 e. The third kappa shape index (κ3) is 2.20. The van der Waals surface area contributed by atoms with Gasteiger partial charge in [0.05, 0.1) is 19.3 Å². The number of hydrogen-bond acceptors (Lipinski definition) is 3. The summed E-state index contributed by atoms with van der Waals surface area (Å²) in [6, 6.07) is 7.40. The molecule has 3 nitrogen and oxygen atoms in total. The zero-order chi connectivity index (χ0) is 9.90. The third-order valence-corrected chi connectivity index (χ3v) is 2.06. The maximum atomic E-state index is 9.05. The maximum Gasteiger partial charge on any atom is 0.119 e. The second-order valence-corrected chi connectivity index (χ2v) is 3.31. The van der Waals surface area contributed by atoms with Gasteiger partial charge in [0.1, 0.15) is 5.75 Å². The van der Waals surface area contributed by atoms with Crippen molar-refractivity contribution in [3.05, 3.63) is 29.8 Å². The summed E-state index contributed by atoms with van der Waals surface area (Å²) in [4.78, 5) is 0. The SMILES string of the molecule is COc1cccc([C@@](C)(N)CO)c1. The Bertz CT molecular complexity index is 284. The normalized spacial score (nSPS) is 15.1. The molecule has 0 aliphatic carbocycles. The van der Waals surface area contributed by atoms with Crippen LogP contribution < -0.4 is 10.5 Å². The molecule has 0 saturated heterocycles. The second-order valence-electron chi connectivity index (χ2n) is 3.31.